The van der Waals surface area contributed by atoms with Crippen LogP contribution in [0, 0.1) is 5.82 Å². The number of hydrogen-bond donors (Lipinski definition) is 1. The fourth-order valence-corrected chi connectivity index (χ4v) is 5.51. The second-order valence-corrected chi connectivity index (χ2v) is 7.80. The number of sulfonamides is 1. The Morgan fingerprint density at radius 1 is 1.38 bits per heavy atom. The summed E-state index contributed by atoms with van der Waals surface area (Å²) in [6, 6.07) is 2.45. The number of benzene rings is 1. The first-order chi connectivity index (χ1) is 9.36. The van der Waals surface area contributed by atoms with Crippen LogP contribution in [0.5, 0.6) is 0 Å². The highest BCUT2D eigenvalue weighted by Crippen LogP contribution is 2.33. The Hall–Kier alpha value is 0.0800. The molecule has 0 bridgehead atoms. The Kier molecular flexibility index (Phi) is 6.89. The number of nitrogens with one attached hydrogen (secondary N) is 1. The zero-order chi connectivity index (χ0) is 14.9. The fraction of sp³-hybridized carbons (Fsp3) is 0.500. The molecule has 1 aromatic carbocycles. The van der Waals surface area contributed by atoms with Crippen molar-refractivity contribution in [1.29, 1.82) is 0 Å². The molecule has 2 rings (SSSR count). The van der Waals surface area contributed by atoms with Gasteiger partial charge in [0, 0.05) is 23.6 Å². The molecule has 1 saturated heterocycles. The molecule has 1 N–H and O–H groups in total. The average molecular weight is 422 g/mol. The van der Waals surface area contributed by atoms with E-state index < -0.39 is 15.8 Å². The van der Waals surface area contributed by atoms with Gasteiger partial charge in [0.2, 0.25) is 10.0 Å². The van der Waals surface area contributed by atoms with Crippen molar-refractivity contribution in [2.75, 3.05) is 20.1 Å². The van der Waals surface area contributed by atoms with Gasteiger partial charge in [0.05, 0.1) is 5.02 Å². The Morgan fingerprint density at radius 3 is 2.43 bits per heavy atom. The molecule has 0 spiro atoms. The molecule has 0 unspecified atom stereocenters. The lowest BCUT2D eigenvalue weighted by Crippen LogP contribution is -2.44. The van der Waals surface area contributed by atoms with E-state index in [0.717, 1.165) is 25.0 Å². The zero-order valence-electron chi connectivity index (χ0n) is 11.3. The molecule has 0 atom stereocenters. The molecule has 0 amide bonds. The van der Waals surface area contributed by atoms with Crippen molar-refractivity contribution in [2.45, 2.75) is 23.8 Å². The summed E-state index contributed by atoms with van der Waals surface area (Å²) < 4.78 is 40.0. The van der Waals surface area contributed by atoms with E-state index >= 15 is 0 Å². The molecule has 1 aliphatic heterocycles. The Balaban J connectivity index is 0.00000220. The van der Waals surface area contributed by atoms with Crippen molar-refractivity contribution in [1.82, 2.24) is 9.62 Å². The molecule has 21 heavy (non-hydrogen) atoms. The topological polar surface area (TPSA) is 49.4 Å². The maximum atomic E-state index is 13.2. The minimum Gasteiger partial charge on any atom is -0.317 e. The van der Waals surface area contributed by atoms with Crippen LogP contribution in [0.15, 0.2) is 21.5 Å². The van der Waals surface area contributed by atoms with Crippen molar-refractivity contribution in [3.05, 3.63) is 27.4 Å². The van der Waals surface area contributed by atoms with E-state index in [4.69, 9.17) is 11.6 Å². The highest BCUT2D eigenvalue weighted by molar-refractivity contribution is 9.10. The van der Waals surface area contributed by atoms with E-state index in [1.165, 1.54) is 4.31 Å². The third-order valence-electron chi connectivity index (χ3n) is 3.42. The van der Waals surface area contributed by atoms with Crippen LogP contribution in [0.2, 0.25) is 5.02 Å². The van der Waals surface area contributed by atoms with Crippen LogP contribution in [0.25, 0.3) is 0 Å². The lowest BCUT2D eigenvalue weighted by Gasteiger charge is -2.31. The van der Waals surface area contributed by atoms with Crippen molar-refractivity contribution in [3.8, 4) is 0 Å². The molecule has 4 nitrogen and oxygen atoms in total. The van der Waals surface area contributed by atoms with Gasteiger partial charge in [0.1, 0.15) is 10.7 Å². The van der Waals surface area contributed by atoms with Gasteiger partial charge in [-0.3, -0.25) is 0 Å². The van der Waals surface area contributed by atoms with Gasteiger partial charge in [-0.25, -0.2) is 12.8 Å². The third-order valence-corrected chi connectivity index (χ3v) is 6.72. The number of halogens is 4. The molecule has 0 radical (unpaired) electrons. The summed E-state index contributed by atoms with van der Waals surface area (Å²) >= 11 is 8.99. The summed E-state index contributed by atoms with van der Waals surface area (Å²) in [6.45, 7) is 0.849. The van der Waals surface area contributed by atoms with E-state index in [1.807, 2.05) is 7.05 Å². The van der Waals surface area contributed by atoms with Gasteiger partial charge in [0.15, 0.2) is 0 Å². The SMILES string of the molecule is CNC1CCN(S(=O)(=O)c2c(Cl)cc(F)cc2Br)CC1.Cl. The molecule has 9 heteroatoms. The van der Waals surface area contributed by atoms with E-state index in [0.29, 0.717) is 19.1 Å². The van der Waals surface area contributed by atoms with Gasteiger partial charge in [0.25, 0.3) is 0 Å². The summed E-state index contributed by atoms with van der Waals surface area (Å²) in [7, 11) is -1.85. The standard InChI is InChI=1S/C12H15BrClFN2O2S.ClH/c1-16-9-2-4-17(5-3-9)20(18,19)12-10(13)6-8(15)7-11(12)14;/h6-7,9,16H,2-5H2,1H3;1H. The average Bonchev–Trinajstić information content (AvgIpc) is 2.37. The summed E-state index contributed by atoms with van der Waals surface area (Å²) in [4.78, 5) is -0.0662. The number of hydrogen-bond acceptors (Lipinski definition) is 3. The molecule has 0 aromatic heterocycles. The molecule has 1 aliphatic rings. The Labute approximate surface area is 143 Å². The predicted molar refractivity (Wildman–Crippen MR) is 87.2 cm³/mol. The second-order valence-electron chi connectivity index (χ2n) is 4.67. The minimum atomic E-state index is -3.71. The first kappa shape index (κ1) is 19.1. The van der Waals surface area contributed by atoms with Crippen LogP contribution >= 0.6 is 39.9 Å². The maximum absolute atomic E-state index is 13.2. The van der Waals surface area contributed by atoms with Crippen molar-refractivity contribution in [3.63, 3.8) is 0 Å². The molecule has 1 heterocycles. The predicted octanol–water partition coefficient (Wildman–Crippen LogP) is 3.04. The second kappa shape index (κ2) is 7.57. The van der Waals surface area contributed by atoms with Gasteiger partial charge >= 0.3 is 0 Å². The monoisotopic (exact) mass is 420 g/mol. The van der Waals surface area contributed by atoms with E-state index in [1.54, 1.807) is 0 Å². The molecule has 1 aromatic rings. The largest absolute Gasteiger partial charge is 0.317 e. The van der Waals surface area contributed by atoms with Crippen LogP contribution in [0.3, 0.4) is 0 Å². The molecular formula is C12H16BrCl2FN2O2S. The third kappa shape index (κ3) is 4.09. The van der Waals surface area contributed by atoms with E-state index in [9.17, 15) is 12.8 Å². The molecular weight excluding hydrogens is 406 g/mol. The molecule has 0 aliphatic carbocycles. The number of piperidine rings is 1. The molecule has 1 fully saturated rings. The summed E-state index contributed by atoms with van der Waals surface area (Å²) in [5.41, 5.74) is 0. The van der Waals surface area contributed by atoms with Gasteiger partial charge in [-0.05, 0) is 48.0 Å². The van der Waals surface area contributed by atoms with E-state index in [-0.39, 0.29) is 26.8 Å². The summed E-state index contributed by atoms with van der Waals surface area (Å²) in [5, 5.41) is 3.04. The first-order valence-electron chi connectivity index (χ1n) is 6.18. The molecule has 0 saturated carbocycles. The summed E-state index contributed by atoms with van der Waals surface area (Å²) in [6.07, 6.45) is 1.48. The van der Waals surface area contributed by atoms with Crippen LogP contribution in [0.1, 0.15) is 12.8 Å². The van der Waals surface area contributed by atoms with Crippen LogP contribution in [0.4, 0.5) is 4.39 Å². The quantitative estimate of drug-likeness (QED) is 0.815. The van der Waals surface area contributed by atoms with Crippen LogP contribution in [-0.2, 0) is 10.0 Å². The lowest BCUT2D eigenvalue weighted by atomic mass is 10.1. The Morgan fingerprint density at radius 2 is 1.95 bits per heavy atom. The maximum Gasteiger partial charge on any atom is 0.245 e. The van der Waals surface area contributed by atoms with Gasteiger partial charge < -0.3 is 5.32 Å². The fourth-order valence-electron chi connectivity index (χ4n) is 2.29. The first-order valence-corrected chi connectivity index (χ1v) is 8.79. The van der Waals surface area contributed by atoms with Crippen molar-refractivity contribution in [2.24, 2.45) is 0 Å². The van der Waals surface area contributed by atoms with Gasteiger partial charge in [-0.2, -0.15) is 4.31 Å². The smallest absolute Gasteiger partial charge is 0.245 e. The highest BCUT2D eigenvalue weighted by atomic mass is 79.9. The zero-order valence-corrected chi connectivity index (χ0v) is 15.2. The lowest BCUT2D eigenvalue weighted by molar-refractivity contribution is 0.298. The number of rotatable bonds is 3. The van der Waals surface area contributed by atoms with Gasteiger partial charge in [-0.1, -0.05) is 11.6 Å². The van der Waals surface area contributed by atoms with Crippen LogP contribution < -0.4 is 5.32 Å². The molecule has 120 valence electrons. The normalized spacial score (nSPS) is 17.5. The highest BCUT2D eigenvalue weighted by Gasteiger charge is 2.32. The number of nitrogens with zero attached hydrogens (tertiary/aromatic N) is 1. The Bertz CT molecular complexity index is 584. The van der Waals surface area contributed by atoms with Crippen LogP contribution in [-0.4, -0.2) is 38.9 Å². The van der Waals surface area contributed by atoms with Crippen molar-refractivity contribution >= 4 is 50.0 Å². The van der Waals surface area contributed by atoms with E-state index in [2.05, 4.69) is 21.2 Å². The van der Waals surface area contributed by atoms with Gasteiger partial charge in [-0.15, -0.1) is 12.4 Å². The minimum absolute atomic E-state index is 0. The summed E-state index contributed by atoms with van der Waals surface area (Å²) in [5.74, 6) is -0.574. The van der Waals surface area contributed by atoms with Crippen molar-refractivity contribution < 1.29 is 12.8 Å².